The second-order valence-electron chi connectivity index (χ2n) is 13.7. The first-order chi connectivity index (χ1) is 21.1. The number of carbonyl (C=O) groups is 2. The number of nitrogens with one attached hydrogen (secondary N) is 1. The molecule has 0 radical (unpaired) electrons. The van der Waals surface area contributed by atoms with Crippen molar-refractivity contribution in [2.45, 2.75) is 57.0 Å². The molecule has 44 heavy (non-hydrogen) atoms. The quantitative estimate of drug-likeness (QED) is 0.305. The Kier molecular flexibility index (Phi) is 7.36. The molecule has 3 aromatic rings. The van der Waals surface area contributed by atoms with E-state index in [2.05, 4.69) is 104 Å². The third kappa shape index (κ3) is 4.21. The van der Waals surface area contributed by atoms with Crippen LogP contribution in [0, 0.1) is 5.41 Å². The number of hydrogen-bond acceptors (Lipinski definition) is 5. The van der Waals surface area contributed by atoms with Crippen LogP contribution in [0.15, 0.2) is 72.3 Å². The van der Waals surface area contributed by atoms with Crippen LogP contribution in [-0.2, 0) is 15.1 Å². The van der Waals surface area contributed by atoms with Crippen molar-refractivity contribution in [3.8, 4) is 0 Å². The largest absolute Gasteiger partial charge is 0.324 e. The monoisotopic (exact) mass is 625 g/mol. The Bertz CT molecular complexity index is 1670. The molecule has 3 saturated heterocycles. The Morgan fingerprint density at radius 3 is 2.27 bits per heavy atom. The Morgan fingerprint density at radius 1 is 0.955 bits per heavy atom. The van der Waals surface area contributed by atoms with Crippen molar-refractivity contribution >= 4 is 46.8 Å². The summed E-state index contributed by atoms with van der Waals surface area (Å²) in [7, 11) is 2.08. The number of rotatable bonds is 4. The molecule has 2 spiro atoms. The standard InChI is InChI=1S/C37H40ClN3O2S/c1-22(2)25-8-6-24(7-9-25)16-28-18-40(5)20-36(34(28)42)33(27-12-10-26(11-13-27)23(3)4)32-19-44-21-41(32)37(36)30-17-29(38)14-15-31(30)39-35(37)43/h6-17,22-23,32-33H,18-21H2,1-5H3,(H,39,43)/b28-16+/t32-,33-,36-,37-/m0/s1. The molecule has 4 atom stereocenters. The van der Waals surface area contributed by atoms with Crippen LogP contribution in [-0.4, -0.2) is 59.3 Å². The number of fused-ring (bicyclic) bond motifs is 5. The number of thioether (sulfide) groups is 1. The molecule has 4 aliphatic heterocycles. The second-order valence-corrected chi connectivity index (χ2v) is 15.1. The van der Waals surface area contributed by atoms with Crippen LogP contribution in [0.25, 0.3) is 6.08 Å². The number of piperidine rings is 1. The molecule has 0 saturated carbocycles. The van der Waals surface area contributed by atoms with Crippen LogP contribution in [0.4, 0.5) is 5.69 Å². The molecule has 3 fully saturated rings. The van der Waals surface area contributed by atoms with Crippen LogP contribution in [0.3, 0.4) is 0 Å². The molecule has 7 rings (SSSR count). The smallest absolute Gasteiger partial charge is 0.250 e. The van der Waals surface area contributed by atoms with Crippen molar-refractivity contribution in [2.24, 2.45) is 5.41 Å². The number of carbonyl (C=O) groups excluding carboxylic acids is 2. The van der Waals surface area contributed by atoms with Crippen LogP contribution in [0.5, 0.6) is 0 Å². The number of likely N-dealkylation sites (tertiary alicyclic amines) is 1. The maximum Gasteiger partial charge on any atom is 0.250 e. The molecule has 0 bridgehead atoms. The van der Waals surface area contributed by atoms with E-state index in [0.717, 1.165) is 33.7 Å². The zero-order valence-corrected chi connectivity index (χ0v) is 27.6. The predicted octanol–water partition coefficient (Wildman–Crippen LogP) is 7.49. The Balaban J connectivity index is 1.48. The van der Waals surface area contributed by atoms with Gasteiger partial charge in [0.05, 0.1) is 5.41 Å². The first kappa shape index (κ1) is 29.8. The zero-order valence-electron chi connectivity index (χ0n) is 26.1. The molecule has 0 aromatic heterocycles. The number of anilines is 1. The molecule has 7 heteroatoms. The number of Topliss-reactive ketones (excluding diaryl/α,β-unsaturated/α-hetero) is 1. The van der Waals surface area contributed by atoms with Gasteiger partial charge in [-0.05, 0) is 65.4 Å². The summed E-state index contributed by atoms with van der Waals surface area (Å²) in [6.45, 7) is 9.78. The summed E-state index contributed by atoms with van der Waals surface area (Å²) < 4.78 is 0. The summed E-state index contributed by atoms with van der Waals surface area (Å²) in [4.78, 5) is 34.8. The third-order valence-corrected chi connectivity index (χ3v) is 11.7. The van der Waals surface area contributed by atoms with Gasteiger partial charge in [-0.25, -0.2) is 0 Å². The lowest BCUT2D eigenvalue weighted by atomic mass is 9.55. The molecule has 228 valence electrons. The fourth-order valence-corrected chi connectivity index (χ4v) is 9.96. The second kappa shape index (κ2) is 10.9. The van der Waals surface area contributed by atoms with E-state index in [-0.39, 0.29) is 23.7 Å². The van der Waals surface area contributed by atoms with E-state index in [1.54, 1.807) is 0 Å². The maximum absolute atomic E-state index is 15.5. The van der Waals surface area contributed by atoms with Gasteiger partial charge in [0, 0.05) is 58.5 Å². The Hall–Kier alpha value is -2.90. The number of benzene rings is 3. The van der Waals surface area contributed by atoms with Crippen LogP contribution in [0.1, 0.15) is 73.3 Å². The summed E-state index contributed by atoms with van der Waals surface area (Å²) in [6, 6.07) is 23.0. The molecular formula is C37H40ClN3O2S. The lowest BCUT2D eigenvalue weighted by Crippen LogP contribution is -2.65. The van der Waals surface area contributed by atoms with Crippen LogP contribution < -0.4 is 5.32 Å². The number of hydrogen-bond donors (Lipinski definition) is 1. The number of halogens is 1. The summed E-state index contributed by atoms with van der Waals surface area (Å²) in [6.07, 6.45) is 2.06. The maximum atomic E-state index is 15.5. The predicted molar refractivity (Wildman–Crippen MR) is 181 cm³/mol. The fraction of sp³-hybridized carbons (Fsp3) is 0.405. The molecule has 1 amide bonds. The fourth-order valence-electron chi connectivity index (χ4n) is 8.48. The van der Waals surface area contributed by atoms with Crippen LogP contribution in [0.2, 0.25) is 5.02 Å². The molecule has 0 unspecified atom stereocenters. The van der Waals surface area contributed by atoms with Crippen molar-refractivity contribution in [3.63, 3.8) is 0 Å². The highest BCUT2D eigenvalue weighted by atomic mass is 35.5. The van der Waals surface area contributed by atoms with Crippen molar-refractivity contribution in [3.05, 3.63) is 105 Å². The van der Waals surface area contributed by atoms with Crippen LogP contribution >= 0.6 is 23.4 Å². The average molecular weight is 626 g/mol. The minimum Gasteiger partial charge on any atom is -0.324 e. The van der Waals surface area contributed by atoms with Gasteiger partial charge in [-0.15, -0.1) is 11.8 Å². The van der Waals surface area contributed by atoms with Crippen molar-refractivity contribution in [1.29, 1.82) is 0 Å². The third-order valence-electron chi connectivity index (χ3n) is 10.4. The number of nitrogens with zero attached hydrogens (tertiary/aromatic N) is 2. The first-order valence-electron chi connectivity index (χ1n) is 15.7. The van der Waals surface area contributed by atoms with E-state index >= 15 is 4.79 Å². The number of likely N-dealkylation sites (N-methyl/N-ethyl adjacent to an activating group) is 1. The lowest BCUT2D eigenvalue weighted by molar-refractivity contribution is -0.146. The number of ketones is 1. The summed E-state index contributed by atoms with van der Waals surface area (Å²) in [5.74, 6) is 2.14. The highest BCUT2D eigenvalue weighted by Crippen LogP contribution is 2.68. The summed E-state index contributed by atoms with van der Waals surface area (Å²) in [5, 5.41) is 3.79. The summed E-state index contributed by atoms with van der Waals surface area (Å²) in [5.41, 5.74) is 4.74. The average Bonchev–Trinajstić information content (AvgIpc) is 3.64. The Labute approximate surface area is 270 Å². The van der Waals surface area contributed by atoms with E-state index in [0.29, 0.717) is 35.8 Å². The molecular weight excluding hydrogens is 586 g/mol. The van der Waals surface area contributed by atoms with Crippen molar-refractivity contribution in [2.75, 3.05) is 37.1 Å². The van der Waals surface area contributed by atoms with E-state index in [9.17, 15) is 4.79 Å². The number of amides is 1. The highest BCUT2D eigenvalue weighted by Gasteiger charge is 2.78. The molecule has 4 heterocycles. The molecule has 3 aromatic carbocycles. The first-order valence-corrected chi connectivity index (χ1v) is 17.2. The van der Waals surface area contributed by atoms with Gasteiger partial charge in [0.15, 0.2) is 5.78 Å². The van der Waals surface area contributed by atoms with E-state index in [1.807, 2.05) is 30.0 Å². The van der Waals surface area contributed by atoms with Gasteiger partial charge in [-0.2, -0.15) is 0 Å². The van der Waals surface area contributed by atoms with Gasteiger partial charge in [0.2, 0.25) is 0 Å². The van der Waals surface area contributed by atoms with Gasteiger partial charge in [0.1, 0.15) is 5.54 Å². The molecule has 0 aliphatic carbocycles. The summed E-state index contributed by atoms with van der Waals surface area (Å²) >= 11 is 8.51. The van der Waals surface area contributed by atoms with Gasteiger partial charge in [0.25, 0.3) is 5.91 Å². The van der Waals surface area contributed by atoms with E-state index in [4.69, 9.17) is 11.6 Å². The van der Waals surface area contributed by atoms with Gasteiger partial charge in [-0.1, -0.05) is 87.8 Å². The molecule has 4 aliphatic rings. The van der Waals surface area contributed by atoms with Gasteiger partial charge < -0.3 is 10.2 Å². The van der Waals surface area contributed by atoms with Gasteiger partial charge >= 0.3 is 0 Å². The highest BCUT2D eigenvalue weighted by molar-refractivity contribution is 7.99. The minimum atomic E-state index is -1.19. The zero-order chi connectivity index (χ0) is 31.0. The SMILES string of the molecule is CC(C)c1ccc(/C=C2\CN(C)C[C@@]3(C2=O)[C@@H](c2ccc(C(C)C)cc2)[C@@H]2CSCN2[C@@]32C(=O)Nc3ccc(Cl)cc32)cc1. The van der Waals surface area contributed by atoms with E-state index in [1.165, 1.54) is 11.1 Å². The minimum absolute atomic E-state index is 0.0163. The normalized spacial score (nSPS) is 29.4. The lowest BCUT2D eigenvalue weighted by Gasteiger charge is -2.51. The van der Waals surface area contributed by atoms with Crippen molar-refractivity contribution in [1.82, 2.24) is 9.80 Å². The molecule has 1 N–H and O–H groups in total. The Morgan fingerprint density at radius 2 is 1.61 bits per heavy atom. The topological polar surface area (TPSA) is 52.7 Å². The van der Waals surface area contributed by atoms with E-state index < -0.39 is 11.0 Å². The van der Waals surface area contributed by atoms with Gasteiger partial charge in [-0.3, -0.25) is 14.5 Å². The molecule has 5 nitrogen and oxygen atoms in total. The van der Waals surface area contributed by atoms with Crippen molar-refractivity contribution < 1.29 is 9.59 Å².